The van der Waals surface area contributed by atoms with Crippen LogP contribution >= 0.6 is 0 Å². The van der Waals surface area contributed by atoms with Crippen molar-refractivity contribution in [2.45, 2.75) is 80.8 Å². The molecule has 0 N–H and O–H groups in total. The number of carbonyl (C=O) groups is 2. The zero-order valence-electron chi connectivity index (χ0n) is 15.4. The molecule has 3 heteroatoms. The van der Waals surface area contributed by atoms with Crippen molar-refractivity contribution in [2.24, 2.45) is 17.8 Å². The third-order valence-corrected chi connectivity index (χ3v) is 3.58. The van der Waals surface area contributed by atoms with Crippen LogP contribution in [-0.4, -0.2) is 24.3 Å². The van der Waals surface area contributed by atoms with E-state index in [-0.39, 0.29) is 23.4 Å². The number of hydrogen-bond donors (Lipinski definition) is 0. The number of Topliss-reactive ketones (excluding diaryl/α,β-unsaturated/α-hetero) is 2. The molecule has 1 aliphatic rings. The molecule has 1 rings (SSSR count). The molecular formula is C18H36O3. The monoisotopic (exact) mass is 300 g/mol. The molecule has 0 aromatic heterocycles. The number of ether oxygens (including phenoxy) is 1. The molecule has 1 fully saturated rings. The van der Waals surface area contributed by atoms with E-state index in [0.29, 0.717) is 12.0 Å². The van der Waals surface area contributed by atoms with Gasteiger partial charge in [-0.15, -0.1) is 0 Å². The van der Waals surface area contributed by atoms with Crippen LogP contribution in [0, 0.1) is 17.8 Å². The van der Waals surface area contributed by atoms with E-state index in [9.17, 15) is 9.59 Å². The summed E-state index contributed by atoms with van der Waals surface area (Å²) in [5, 5.41) is 0. The van der Waals surface area contributed by atoms with Crippen molar-refractivity contribution < 1.29 is 14.3 Å². The van der Waals surface area contributed by atoms with Gasteiger partial charge in [0.1, 0.15) is 11.6 Å². The van der Waals surface area contributed by atoms with Gasteiger partial charge in [-0.25, -0.2) is 0 Å². The van der Waals surface area contributed by atoms with Crippen molar-refractivity contribution in [1.82, 2.24) is 0 Å². The lowest BCUT2D eigenvalue weighted by molar-refractivity contribution is -0.120. The van der Waals surface area contributed by atoms with Gasteiger partial charge in [-0.05, 0) is 39.0 Å². The standard InChI is InChI=1S/C8H16O.2C5H10O/c1-7(2)8-5-3-4-6-9-8;2*1-4(2)5(3)6/h7-8H,3-6H2,1-2H3;2*4H,1-3H3. The van der Waals surface area contributed by atoms with Crippen LogP contribution in [0.3, 0.4) is 0 Å². The summed E-state index contributed by atoms with van der Waals surface area (Å²) in [5.74, 6) is 1.66. The van der Waals surface area contributed by atoms with Crippen LogP contribution in [0.15, 0.2) is 0 Å². The second kappa shape index (κ2) is 13.0. The topological polar surface area (TPSA) is 43.4 Å². The van der Waals surface area contributed by atoms with Gasteiger partial charge in [0.25, 0.3) is 0 Å². The van der Waals surface area contributed by atoms with Crippen LogP contribution in [0.2, 0.25) is 0 Å². The van der Waals surface area contributed by atoms with E-state index < -0.39 is 0 Å². The molecule has 1 atom stereocenters. The minimum Gasteiger partial charge on any atom is -0.378 e. The summed E-state index contributed by atoms with van der Waals surface area (Å²) in [7, 11) is 0. The summed E-state index contributed by atoms with van der Waals surface area (Å²) < 4.78 is 5.54. The van der Waals surface area contributed by atoms with Crippen LogP contribution in [0.4, 0.5) is 0 Å². The highest BCUT2D eigenvalue weighted by Crippen LogP contribution is 2.18. The molecule has 0 radical (unpaired) electrons. The average Bonchev–Trinajstić information content (AvgIpc) is 2.40. The van der Waals surface area contributed by atoms with Gasteiger partial charge in [0.05, 0.1) is 6.10 Å². The first-order chi connectivity index (χ1) is 9.59. The molecule has 0 spiro atoms. The fourth-order valence-corrected chi connectivity index (χ4v) is 1.29. The van der Waals surface area contributed by atoms with E-state index in [1.54, 1.807) is 13.8 Å². The first kappa shape index (κ1) is 22.6. The van der Waals surface area contributed by atoms with Crippen LogP contribution < -0.4 is 0 Å². The lowest BCUT2D eigenvalue weighted by Crippen LogP contribution is -2.24. The smallest absolute Gasteiger partial charge is 0.132 e. The largest absolute Gasteiger partial charge is 0.378 e. The maximum absolute atomic E-state index is 10.1. The molecule has 0 aromatic carbocycles. The fourth-order valence-electron chi connectivity index (χ4n) is 1.29. The number of ketones is 2. The van der Waals surface area contributed by atoms with Gasteiger partial charge >= 0.3 is 0 Å². The van der Waals surface area contributed by atoms with E-state index in [4.69, 9.17) is 4.74 Å². The number of hydrogen-bond acceptors (Lipinski definition) is 3. The summed E-state index contributed by atoms with van der Waals surface area (Å²) in [6, 6.07) is 0. The normalized spacial score (nSPS) is 17.8. The van der Waals surface area contributed by atoms with Crippen LogP contribution in [0.25, 0.3) is 0 Å². The van der Waals surface area contributed by atoms with Crippen molar-refractivity contribution in [1.29, 1.82) is 0 Å². The molecule has 0 saturated carbocycles. The summed E-state index contributed by atoms with van der Waals surface area (Å²) in [5.41, 5.74) is 0. The Kier molecular flexibility index (Phi) is 14.0. The van der Waals surface area contributed by atoms with E-state index in [1.807, 2.05) is 27.7 Å². The number of rotatable bonds is 3. The quantitative estimate of drug-likeness (QED) is 0.760. The van der Waals surface area contributed by atoms with Gasteiger partial charge in [-0.3, -0.25) is 9.59 Å². The van der Waals surface area contributed by atoms with Gasteiger partial charge < -0.3 is 4.74 Å². The molecule has 0 bridgehead atoms. The highest BCUT2D eigenvalue weighted by atomic mass is 16.5. The van der Waals surface area contributed by atoms with Gasteiger partial charge in [-0.1, -0.05) is 41.5 Å². The van der Waals surface area contributed by atoms with E-state index in [2.05, 4.69) is 13.8 Å². The van der Waals surface area contributed by atoms with Crippen LogP contribution in [0.1, 0.15) is 74.7 Å². The van der Waals surface area contributed by atoms with E-state index in [0.717, 1.165) is 6.61 Å². The van der Waals surface area contributed by atoms with Crippen molar-refractivity contribution in [3.05, 3.63) is 0 Å². The van der Waals surface area contributed by atoms with E-state index >= 15 is 0 Å². The number of carbonyl (C=O) groups excluding carboxylic acids is 2. The Morgan fingerprint density at radius 2 is 1.24 bits per heavy atom. The first-order valence-electron chi connectivity index (χ1n) is 8.22. The Balaban J connectivity index is 0. The summed E-state index contributed by atoms with van der Waals surface area (Å²) in [6.07, 6.45) is 4.46. The molecule has 0 amide bonds. The summed E-state index contributed by atoms with van der Waals surface area (Å²) in [6.45, 7) is 16.2. The molecule has 1 saturated heterocycles. The summed E-state index contributed by atoms with van der Waals surface area (Å²) >= 11 is 0. The molecular weight excluding hydrogens is 264 g/mol. The Bertz CT molecular complexity index is 256. The molecule has 1 heterocycles. The molecule has 3 nitrogen and oxygen atoms in total. The second-order valence-corrected chi connectivity index (χ2v) is 6.68. The molecule has 21 heavy (non-hydrogen) atoms. The van der Waals surface area contributed by atoms with Crippen molar-refractivity contribution in [2.75, 3.05) is 6.61 Å². The third-order valence-electron chi connectivity index (χ3n) is 3.58. The van der Waals surface area contributed by atoms with E-state index in [1.165, 1.54) is 19.3 Å². The zero-order chi connectivity index (χ0) is 17.0. The van der Waals surface area contributed by atoms with Crippen molar-refractivity contribution >= 4 is 11.6 Å². The minimum atomic E-state index is 0.213. The summed E-state index contributed by atoms with van der Waals surface area (Å²) in [4.78, 5) is 20.3. The predicted octanol–water partition coefficient (Wildman–Crippen LogP) is 4.67. The first-order valence-corrected chi connectivity index (χ1v) is 8.22. The highest BCUT2D eigenvalue weighted by Gasteiger charge is 2.16. The fraction of sp³-hybridized carbons (Fsp3) is 0.889. The minimum absolute atomic E-state index is 0.213. The van der Waals surface area contributed by atoms with Gasteiger partial charge in [0.15, 0.2) is 0 Å². The highest BCUT2D eigenvalue weighted by molar-refractivity contribution is 5.77. The maximum atomic E-state index is 10.1. The Labute approximate surface area is 131 Å². The second-order valence-electron chi connectivity index (χ2n) is 6.68. The van der Waals surface area contributed by atoms with Crippen molar-refractivity contribution in [3.8, 4) is 0 Å². The molecule has 1 unspecified atom stereocenters. The Hall–Kier alpha value is -0.700. The van der Waals surface area contributed by atoms with Gasteiger partial charge in [0.2, 0.25) is 0 Å². The predicted molar refractivity (Wildman–Crippen MR) is 89.5 cm³/mol. The maximum Gasteiger partial charge on any atom is 0.132 e. The SMILES string of the molecule is CC(=O)C(C)C.CC(=O)C(C)C.CC(C)C1CCCCO1. The van der Waals surface area contributed by atoms with Gasteiger partial charge in [-0.2, -0.15) is 0 Å². The van der Waals surface area contributed by atoms with Crippen LogP contribution in [-0.2, 0) is 14.3 Å². The zero-order valence-corrected chi connectivity index (χ0v) is 15.4. The molecule has 1 aliphatic heterocycles. The van der Waals surface area contributed by atoms with Crippen molar-refractivity contribution in [3.63, 3.8) is 0 Å². The average molecular weight is 300 g/mol. The van der Waals surface area contributed by atoms with Crippen LogP contribution in [0.5, 0.6) is 0 Å². The lowest BCUT2D eigenvalue weighted by Gasteiger charge is -2.25. The Morgan fingerprint density at radius 3 is 1.38 bits per heavy atom. The molecule has 0 aliphatic carbocycles. The van der Waals surface area contributed by atoms with Gasteiger partial charge in [0, 0.05) is 18.4 Å². The molecule has 126 valence electrons. The lowest BCUT2D eigenvalue weighted by atomic mass is 9.99. The third kappa shape index (κ3) is 15.5. The molecule has 0 aromatic rings. The Morgan fingerprint density at radius 1 is 0.857 bits per heavy atom.